The van der Waals surface area contributed by atoms with Gasteiger partial charge in [0.2, 0.25) is 0 Å². The third-order valence-electron chi connectivity index (χ3n) is 4.09. The quantitative estimate of drug-likeness (QED) is 0.827. The van der Waals surface area contributed by atoms with Crippen molar-refractivity contribution in [3.8, 4) is 0 Å². The van der Waals surface area contributed by atoms with Crippen LogP contribution in [0.3, 0.4) is 0 Å². The molecule has 1 aliphatic carbocycles. The summed E-state index contributed by atoms with van der Waals surface area (Å²) in [7, 11) is 0. The minimum Gasteiger partial charge on any atom is -0.462 e. The largest absolute Gasteiger partial charge is 0.462 e. The van der Waals surface area contributed by atoms with E-state index in [0.29, 0.717) is 17.9 Å². The van der Waals surface area contributed by atoms with Crippen LogP contribution < -0.4 is 5.32 Å². The molecule has 5 nitrogen and oxygen atoms in total. The van der Waals surface area contributed by atoms with Crippen LogP contribution in [0, 0.1) is 0 Å². The van der Waals surface area contributed by atoms with Gasteiger partial charge in [0, 0.05) is 10.9 Å². The van der Waals surface area contributed by atoms with Gasteiger partial charge in [-0.15, -0.1) is 11.3 Å². The fourth-order valence-corrected chi connectivity index (χ4v) is 3.98. The second-order valence-electron chi connectivity index (χ2n) is 5.93. The van der Waals surface area contributed by atoms with E-state index in [9.17, 15) is 9.59 Å². The topological polar surface area (TPSA) is 64.6 Å². The number of amides is 1. The highest BCUT2D eigenvalue weighted by Gasteiger charge is 2.24. The van der Waals surface area contributed by atoms with Crippen molar-refractivity contribution in [2.75, 3.05) is 6.61 Å². The number of rotatable bonds is 5. The summed E-state index contributed by atoms with van der Waals surface area (Å²) in [6, 6.07) is 11.5. The lowest BCUT2D eigenvalue weighted by atomic mass is 9.94. The van der Waals surface area contributed by atoms with Crippen LogP contribution in [0.4, 0.5) is 4.79 Å². The lowest BCUT2D eigenvalue weighted by Gasteiger charge is -2.22. The van der Waals surface area contributed by atoms with Gasteiger partial charge in [-0.25, -0.2) is 9.59 Å². The van der Waals surface area contributed by atoms with Crippen molar-refractivity contribution in [1.82, 2.24) is 5.32 Å². The Morgan fingerprint density at radius 3 is 2.80 bits per heavy atom. The number of alkyl carbamates (subject to hydrolysis) is 1. The maximum absolute atomic E-state index is 12.0. The Balaban J connectivity index is 1.52. The van der Waals surface area contributed by atoms with Crippen molar-refractivity contribution in [3.05, 3.63) is 57.3 Å². The highest BCUT2D eigenvalue weighted by molar-refractivity contribution is 7.14. The Labute approximate surface area is 151 Å². The number of hydrogen-bond acceptors (Lipinski definition) is 5. The first kappa shape index (κ1) is 17.5. The molecule has 0 fully saturated rings. The molecular weight excluding hydrogens is 338 g/mol. The molecule has 0 aliphatic heterocycles. The van der Waals surface area contributed by atoms with Gasteiger partial charge in [0.15, 0.2) is 0 Å². The molecule has 1 aliphatic rings. The number of esters is 1. The fourth-order valence-electron chi connectivity index (χ4n) is 2.88. The van der Waals surface area contributed by atoms with Crippen LogP contribution in [0.5, 0.6) is 0 Å². The summed E-state index contributed by atoms with van der Waals surface area (Å²) >= 11 is 1.49. The van der Waals surface area contributed by atoms with E-state index in [2.05, 4.69) is 5.32 Å². The Morgan fingerprint density at radius 2 is 2.04 bits per heavy atom. The minimum absolute atomic E-state index is 0.0282. The first-order valence-corrected chi connectivity index (χ1v) is 9.23. The molecule has 25 heavy (non-hydrogen) atoms. The van der Waals surface area contributed by atoms with Gasteiger partial charge < -0.3 is 14.8 Å². The third kappa shape index (κ3) is 4.60. The van der Waals surface area contributed by atoms with Crippen molar-refractivity contribution in [2.24, 2.45) is 0 Å². The number of ether oxygens (including phenoxy) is 2. The van der Waals surface area contributed by atoms with Crippen LogP contribution in [-0.4, -0.2) is 24.7 Å². The Bertz CT molecular complexity index is 741. The van der Waals surface area contributed by atoms with Crippen molar-refractivity contribution in [3.63, 3.8) is 0 Å². The standard InChI is InChI=1S/C19H21NO4S/c1-2-23-18(21)17-11-14-10-15(8-9-16(14)25-17)20-19(22)24-12-13-6-4-3-5-7-13/h3-7,11,15H,2,8-10,12H2,1H3,(H,20,22). The van der Waals surface area contributed by atoms with Crippen LogP contribution in [-0.2, 0) is 28.9 Å². The molecule has 1 amide bonds. The summed E-state index contributed by atoms with van der Waals surface area (Å²) in [4.78, 5) is 25.7. The molecule has 0 bridgehead atoms. The molecule has 1 heterocycles. The summed E-state index contributed by atoms with van der Waals surface area (Å²) in [6.07, 6.45) is 2.00. The van der Waals surface area contributed by atoms with E-state index >= 15 is 0 Å². The molecule has 0 spiro atoms. The Morgan fingerprint density at radius 1 is 1.24 bits per heavy atom. The van der Waals surface area contributed by atoms with Crippen LogP contribution in [0.25, 0.3) is 0 Å². The zero-order valence-corrected chi connectivity index (χ0v) is 14.9. The molecule has 2 aromatic rings. The molecule has 132 valence electrons. The van der Waals surface area contributed by atoms with E-state index in [4.69, 9.17) is 9.47 Å². The monoisotopic (exact) mass is 359 g/mol. The van der Waals surface area contributed by atoms with Gasteiger partial charge in [0.25, 0.3) is 0 Å². The average Bonchev–Trinajstić information content (AvgIpc) is 3.04. The number of aryl methyl sites for hydroxylation is 1. The molecule has 1 atom stereocenters. The molecule has 0 saturated carbocycles. The number of hydrogen-bond donors (Lipinski definition) is 1. The van der Waals surface area contributed by atoms with Crippen LogP contribution in [0.15, 0.2) is 36.4 Å². The number of carbonyl (C=O) groups excluding carboxylic acids is 2. The van der Waals surface area contributed by atoms with E-state index in [1.54, 1.807) is 6.92 Å². The smallest absolute Gasteiger partial charge is 0.407 e. The minimum atomic E-state index is -0.404. The maximum atomic E-state index is 12.0. The average molecular weight is 359 g/mol. The number of nitrogens with one attached hydrogen (secondary N) is 1. The maximum Gasteiger partial charge on any atom is 0.407 e. The van der Waals surface area contributed by atoms with Gasteiger partial charge in [-0.1, -0.05) is 30.3 Å². The second-order valence-corrected chi connectivity index (χ2v) is 7.06. The van der Waals surface area contributed by atoms with Crippen molar-refractivity contribution < 1.29 is 19.1 Å². The van der Waals surface area contributed by atoms with E-state index < -0.39 is 6.09 Å². The van der Waals surface area contributed by atoms with Crippen LogP contribution in [0.2, 0.25) is 0 Å². The van der Waals surface area contributed by atoms with Gasteiger partial charge >= 0.3 is 12.1 Å². The molecule has 0 saturated heterocycles. The number of benzene rings is 1. The fraction of sp³-hybridized carbons (Fsp3) is 0.368. The van der Waals surface area contributed by atoms with Gasteiger partial charge in [-0.05, 0) is 43.4 Å². The van der Waals surface area contributed by atoms with E-state index in [1.165, 1.54) is 16.2 Å². The lowest BCUT2D eigenvalue weighted by molar-refractivity contribution is 0.0532. The zero-order chi connectivity index (χ0) is 17.6. The van der Waals surface area contributed by atoms with Crippen molar-refractivity contribution >= 4 is 23.4 Å². The highest BCUT2D eigenvalue weighted by atomic mass is 32.1. The molecular formula is C19H21NO4S. The number of fused-ring (bicyclic) bond motifs is 1. The first-order chi connectivity index (χ1) is 12.2. The van der Waals surface area contributed by atoms with Crippen LogP contribution >= 0.6 is 11.3 Å². The van der Waals surface area contributed by atoms with Crippen molar-refractivity contribution in [1.29, 1.82) is 0 Å². The Hall–Kier alpha value is -2.34. The molecule has 1 N–H and O–H groups in total. The van der Waals surface area contributed by atoms with Crippen LogP contribution in [0.1, 0.15) is 39.0 Å². The summed E-state index contributed by atoms with van der Waals surface area (Å²) in [6.45, 7) is 2.43. The molecule has 1 aromatic heterocycles. The lowest BCUT2D eigenvalue weighted by Crippen LogP contribution is -2.38. The first-order valence-electron chi connectivity index (χ1n) is 8.41. The van der Waals surface area contributed by atoms with Gasteiger partial charge in [-0.3, -0.25) is 0 Å². The number of thiophene rings is 1. The van der Waals surface area contributed by atoms with E-state index in [-0.39, 0.29) is 18.6 Å². The molecule has 1 unspecified atom stereocenters. The van der Waals surface area contributed by atoms with Gasteiger partial charge in [0.1, 0.15) is 11.5 Å². The number of carbonyl (C=O) groups is 2. The van der Waals surface area contributed by atoms with E-state index in [0.717, 1.165) is 24.0 Å². The highest BCUT2D eigenvalue weighted by Crippen LogP contribution is 2.30. The predicted molar refractivity (Wildman–Crippen MR) is 95.9 cm³/mol. The normalized spacial score (nSPS) is 16.0. The summed E-state index contributed by atoms with van der Waals surface area (Å²) in [5.74, 6) is -0.270. The van der Waals surface area contributed by atoms with Gasteiger partial charge in [0.05, 0.1) is 6.61 Å². The summed E-state index contributed by atoms with van der Waals surface area (Å²) in [5, 5.41) is 2.92. The second kappa shape index (κ2) is 8.16. The SMILES string of the molecule is CCOC(=O)c1cc2c(s1)CCC(NC(=O)OCc1ccccc1)C2. The molecule has 6 heteroatoms. The molecule has 1 aromatic carbocycles. The molecule has 3 rings (SSSR count). The van der Waals surface area contributed by atoms with Crippen molar-refractivity contribution in [2.45, 2.75) is 38.8 Å². The summed E-state index contributed by atoms with van der Waals surface area (Å²) < 4.78 is 10.3. The third-order valence-corrected chi connectivity index (χ3v) is 5.31. The Kier molecular flexibility index (Phi) is 5.71. The summed E-state index contributed by atoms with van der Waals surface area (Å²) in [5.41, 5.74) is 2.08. The van der Waals surface area contributed by atoms with E-state index in [1.807, 2.05) is 36.4 Å². The van der Waals surface area contributed by atoms with Gasteiger partial charge in [-0.2, -0.15) is 0 Å². The molecule has 0 radical (unpaired) electrons. The zero-order valence-electron chi connectivity index (χ0n) is 14.1. The predicted octanol–water partition coefficient (Wildman–Crippen LogP) is 3.71.